The Morgan fingerprint density at radius 3 is 2.72 bits per heavy atom. The summed E-state index contributed by atoms with van der Waals surface area (Å²) in [6, 6.07) is 7.89. The Hall–Kier alpha value is -1.51. The second-order valence-corrected chi connectivity index (χ2v) is 5.50. The van der Waals surface area contributed by atoms with Crippen LogP contribution in [0.25, 0.3) is 0 Å². The third kappa shape index (κ3) is 2.84. The van der Waals surface area contributed by atoms with Gasteiger partial charge in [-0.3, -0.25) is 4.79 Å². The maximum atomic E-state index is 11.9. The van der Waals surface area contributed by atoms with Crippen molar-refractivity contribution in [1.82, 2.24) is 4.90 Å². The average Bonchev–Trinajstić information content (AvgIpc) is 2.70. The Labute approximate surface area is 109 Å². The molecule has 0 bridgehead atoms. The van der Waals surface area contributed by atoms with E-state index in [1.807, 2.05) is 29.2 Å². The molecule has 1 heterocycles. The third-order valence-corrected chi connectivity index (χ3v) is 3.89. The van der Waals surface area contributed by atoms with Crippen molar-refractivity contribution in [3.05, 3.63) is 29.8 Å². The van der Waals surface area contributed by atoms with Crippen LogP contribution < -0.4 is 5.73 Å². The Bertz CT molecular complexity index is 428. The molecule has 0 aromatic heterocycles. The van der Waals surface area contributed by atoms with Crippen LogP contribution in [0, 0.1) is 11.8 Å². The first-order valence-electron chi connectivity index (χ1n) is 6.69. The van der Waals surface area contributed by atoms with Crippen LogP contribution in [0.1, 0.15) is 25.8 Å². The van der Waals surface area contributed by atoms with Crippen molar-refractivity contribution in [2.45, 2.75) is 26.7 Å². The molecule has 1 aromatic carbocycles. The maximum absolute atomic E-state index is 11.9. The minimum atomic E-state index is 0.295. The first-order valence-corrected chi connectivity index (χ1v) is 6.69. The molecule has 1 aliphatic heterocycles. The van der Waals surface area contributed by atoms with Crippen molar-refractivity contribution in [1.29, 1.82) is 0 Å². The van der Waals surface area contributed by atoms with Crippen LogP contribution in [0.5, 0.6) is 0 Å². The molecule has 1 unspecified atom stereocenters. The number of nitrogens with zero attached hydrogens (tertiary/aromatic N) is 1. The van der Waals surface area contributed by atoms with Gasteiger partial charge in [-0.2, -0.15) is 0 Å². The zero-order chi connectivity index (χ0) is 13.1. The fourth-order valence-electron chi connectivity index (χ4n) is 2.48. The molecule has 3 nitrogen and oxygen atoms in total. The average molecular weight is 246 g/mol. The molecule has 0 aliphatic carbocycles. The normalized spacial score (nSPS) is 19.8. The zero-order valence-electron chi connectivity index (χ0n) is 11.2. The van der Waals surface area contributed by atoms with Crippen molar-refractivity contribution in [3.63, 3.8) is 0 Å². The van der Waals surface area contributed by atoms with Gasteiger partial charge in [0, 0.05) is 25.2 Å². The lowest BCUT2D eigenvalue weighted by molar-refractivity contribution is -0.127. The summed E-state index contributed by atoms with van der Waals surface area (Å²) >= 11 is 0. The molecule has 1 saturated heterocycles. The number of amides is 1. The highest BCUT2D eigenvalue weighted by atomic mass is 16.2. The summed E-state index contributed by atoms with van der Waals surface area (Å²) in [5.41, 5.74) is 7.87. The number of hydrogen-bond acceptors (Lipinski definition) is 2. The molecule has 1 fully saturated rings. The number of benzene rings is 1. The van der Waals surface area contributed by atoms with Gasteiger partial charge in [-0.25, -0.2) is 0 Å². The van der Waals surface area contributed by atoms with E-state index in [2.05, 4.69) is 13.8 Å². The van der Waals surface area contributed by atoms with Crippen LogP contribution in [0.15, 0.2) is 24.3 Å². The summed E-state index contributed by atoms with van der Waals surface area (Å²) in [6.07, 6.45) is 1.56. The summed E-state index contributed by atoms with van der Waals surface area (Å²) in [7, 11) is 0. The molecule has 0 saturated carbocycles. The van der Waals surface area contributed by atoms with Crippen LogP contribution in [0.4, 0.5) is 5.69 Å². The van der Waals surface area contributed by atoms with E-state index in [9.17, 15) is 4.79 Å². The first kappa shape index (κ1) is 12.9. The Balaban J connectivity index is 1.92. The number of likely N-dealkylation sites (tertiary alicyclic amines) is 1. The van der Waals surface area contributed by atoms with Gasteiger partial charge in [-0.05, 0) is 29.9 Å². The van der Waals surface area contributed by atoms with E-state index in [-0.39, 0.29) is 0 Å². The molecule has 3 heteroatoms. The summed E-state index contributed by atoms with van der Waals surface area (Å²) in [5.74, 6) is 1.40. The molecular weight excluding hydrogens is 224 g/mol. The number of para-hydroxylation sites is 1. The standard InChI is InChI=1S/C15H22N2O/c1-11(2)13-9-15(18)17(10-13)8-7-12-5-3-4-6-14(12)16/h3-6,11,13H,7-10,16H2,1-2H3. The van der Waals surface area contributed by atoms with E-state index >= 15 is 0 Å². The monoisotopic (exact) mass is 246 g/mol. The highest BCUT2D eigenvalue weighted by Crippen LogP contribution is 2.25. The number of nitrogens with two attached hydrogens (primary N) is 1. The van der Waals surface area contributed by atoms with E-state index in [4.69, 9.17) is 5.73 Å². The minimum Gasteiger partial charge on any atom is -0.399 e. The van der Waals surface area contributed by atoms with E-state index in [1.165, 1.54) is 0 Å². The number of carbonyl (C=O) groups excluding carboxylic acids is 1. The number of anilines is 1. The molecule has 2 N–H and O–H groups in total. The lowest BCUT2D eigenvalue weighted by Crippen LogP contribution is -2.28. The lowest BCUT2D eigenvalue weighted by atomic mass is 9.95. The van der Waals surface area contributed by atoms with Crippen LogP contribution in [-0.4, -0.2) is 23.9 Å². The summed E-state index contributed by atoms with van der Waals surface area (Å²) in [4.78, 5) is 13.9. The second-order valence-electron chi connectivity index (χ2n) is 5.50. The summed E-state index contributed by atoms with van der Waals surface area (Å²) in [5, 5.41) is 0. The molecule has 2 rings (SSSR count). The number of rotatable bonds is 4. The van der Waals surface area contributed by atoms with E-state index < -0.39 is 0 Å². The van der Waals surface area contributed by atoms with Crippen molar-refractivity contribution >= 4 is 11.6 Å². The highest BCUT2D eigenvalue weighted by molar-refractivity contribution is 5.78. The second kappa shape index (κ2) is 5.42. The third-order valence-electron chi connectivity index (χ3n) is 3.89. The molecule has 18 heavy (non-hydrogen) atoms. The van der Waals surface area contributed by atoms with Gasteiger partial charge in [0.2, 0.25) is 5.91 Å². The molecule has 1 aliphatic rings. The molecule has 1 aromatic rings. The quantitative estimate of drug-likeness (QED) is 0.829. The van der Waals surface area contributed by atoms with Crippen LogP contribution >= 0.6 is 0 Å². The molecule has 1 amide bonds. The smallest absolute Gasteiger partial charge is 0.222 e. The van der Waals surface area contributed by atoms with Gasteiger partial charge < -0.3 is 10.6 Å². The van der Waals surface area contributed by atoms with Crippen molar-refractivity contribution in [3.8, 4) is 0 Å². The predicted molar refractivity (Wildman–Crippen MR) is 74.1 cm³/mol. The molecule has 1 atom stereocenters. The van der Waals surface area contributed by atoms with Gasteiger partial charge in [-0.15, -0.1) is 0 Å². The molecule has 98 valence electrons. The number of nitrogen functional groups attached to an aromatic ring is 1. The maximum Gasteiger partial charge on any atom is 0.222 e. The SMILES string of the molecule is CC(C)C1CC(=O)N(CCc2ccccc2N)C1. The first-order chi connectivity index (χ1) is 8.58. The van der Waals surface area contributed by atoms with Gasteiger partial charge in [-0.1, -0.05) is 32.0 Å². The predicted octanol–water partition coefficient (Wildman–Crippen LogP) is 2.32. The topological polar surface area (TPSA) is 46.3 Å². The van der Waals surface area contributed by atoms with Crippen LogP contribution in [-0.2, 0) is 11.2 Å². The van der Waals surface area contributed by atoms with E-state index in [0.717, 1.165) is 30.8 Å². The summed E-state index contributed by atoms with van der Waals surface area (Å²) < 4.78 is 0. The van der Waals surface area contributed by atoms with E-state index in [0.29, 0.717) is 24.2 Å². The Kier molecular flexibility index (Phi) is 3.90. The van der Waals surface area contributed by atoms with Gasteiger partial charge in [0.15, 0.2) is 0 Å². The fraction of sp³-hybridized carbons (Fsp3) is 0.533. The van der Waals surface area contributed by atoms with Crippen molar-refractivity contribution < 1.29 is 4.79 Å². The van der Waals surface area contributed by atoms with E-state index in [1.54, 1.807) is 0 Å². The Morgan fingerprint density at radius 2 is 2.11 bits per heavy atom. The Morgan fingerprint density at radius 1 is 1.39 bits per heavy atom. The molecule has 0 radical (unpaired) electrons. The van der Waals surface area contributed by atoms with Crippen LogP contribution in [0.2, 0.25) is 0 Å². The van der Waals surface area contributed by atoms with Gasteiger partial charge in [0.25, 0.3) is 0 Å². The van der Waals surface area contributed by atoms with Crippen LogP contribution in [0.3, 0.4) is 0 Å². The molecular formula is C15H22N2O. The number of carbonyl (C=O) groups is 1. The van der Waals surface area contributed by atoms with Gasteiger partial charge >= 0.3 is 0 Å². The summed E-state index contributed by atoms with van der Waals surface area (Å²) in [6.45, 7) is 6.08. The minimum absolute atomic E-state index is 0.295. The largest absolute Gasteiger partial charge is 0.399 e. The van der Waals surface area contributed by atoms with Gasteiger partial charge in [0.1, 0.15) is 0 Å². The van der Waals surface area contributed by atoms with Crippen molar-refractivity contribution in [2.24, 2.45) is 11.8 Å². The molecule has 0 spiro atoms. The zero-order valence-corrected chi connectivity index (χ0v) is 11.2. The van der Waals surface area contributed by atoms with Gasteiger partial charge in [0.05, 0.1) is 0 Å². The fourth-order valence-corrected chi connectivity index (χ4v) is 2.48. The highest BCUT2D eigenvalue weighted by Gasteiger charge is 2.30. The van der Waals surface area contributed by atoms with Crippen molar-refractivity contribution in [2.75, 3.05) is 18.8 Å². The number of hydrogen-bond donors (Lipinski definition) is 1. The lowest BCUT2D eigenvalue weighted by Gasteiger charge is -2.18.